The van der Waals surface area contributed by atoms with Crippen LogP contribution >= 0.6 is 0 Å². The summed E-state index contributed by atoms with van der Waals surface area (Å²) in [7, 11) is -19.2. The van der Waals surface area contributed by atoms with E-state index in [1.165, 1.54) is 51.4 Å². The summed E-state index contributed by atoms with van der Waals surface area (Å²) in [6, 6.07) is 2.96. The molecule has 0 saturated carbocycles. The van der Waals surface area contributed by atoms with Crippen molar-refractivity contribution in [3.05, 3.63) is 0 Å². The zero-order chi connectivity index (χ0) is 66.9. The van der Waals surface area contributed by atoms with E-state index in [0.29, 0.717) is 76.5 Å². The first-order valence-electron chi connectivity index (χ1n) is 38.6. The van der Waals surface area contributed by atoms with Gasteiger partial charge in [0.15, 0.2) is 0 Å². The molecule has 0 amide bonds. The highest BCUT2D eigenvalue weighted by Gasteiger charge is 2.64. The van der Waals surface area contributed by atoms with E-state index in [4.69, 9.17) is 47.4 Å². The van der Waals surface area contributed by atoms with Crippen LogP contribution in [0.1, 0.15) is 278 Å². The van der Waals surface area contributed by atoms with Crippen molar-refractivity contribution in [2.75, 3.05) is 144 Å². The largest absolute Gasteiger partial charge is 0.493 e. The molecule has 0 aliphatic carbocycles. The summed E-state index contributed by atoms with van der Waals surface area (Å²) in [5.41, 5.74) is 0. The molecule has 0 aliphatic rings. The van der Waals surface area contributed by atoms with Crippen LogP contribution in [0, 0.1) is 0 Å². The van der Waals surface area contributed by atoms with Crippen LogP contribution in [-0.2, 0) is 47.4 Å². The number of hydrogen-bond donors (Lipinski definition) is 0. The first-order valence-corrected chi connectivity index (χ1v) is 48.3. The summed E-state index contributed by atoms with van der Waals surface area (Å²) in [5.74, 6) is 0. The first kappa shape index (κ1) is 90.4. The molecule has 0 N–H and O–H groups in total. The maximum atomic E-state index is 8.34. The van der Waals surface area contributed by atoms with E-state index < -0.39 is 44.0 Å². The van der Waals surface area contributed by atoms with Gasteiger partial charge in [-0.1, -0.05) is 133 Å². The zero-order valence-corrected chi connectivity index (χ0v) is 68.0. The summed E-state index contributed by atoms with van der Waals surface area (Å²) in [6.07, 6.45) is 27.5. The molecule has 0 aromatic carbocycles. The normalized spacial score (nSPS) is 14.7. The Morgan fingerprint density at radius 2 is 0.289 bits per heavy atom. The van der Waals surface area contributed by atoms with Crippen LogP contribution in [0.5, 0.6) is 0 Å². The van der Waals surface area contributed by atoms with Crippen LogP contribution in [-0.4, -0.2) is 213 Å². The third kappa shape index (κ3) is 41.6. The quantitative estimate of drug-likeness (QED) is 0.0537. The molecule has 0 saturated heterocycles. The van der Waals surface area contributed by atoms with Crippen molar-refractivity contribution in [3.63, 3.8) is 0 Å². The van der Waals surface area contributed by atoms with Gasteiger partial charge in [0.2, 0.25) is 0 Å². The molecule has 0 radical (unpaired) electrons. The molecule has 0 rings (SSSR count). The molecule has 0 fully saturated rings. The molecule has 16 nitrogen and oxygen atoms in total. The maximum absolute atomic E-state index is 8.34. The Hall–Kier alpha value is 0.444. The molecule has 0 heterocycles. The Kier molecular flexibility index (Phi) is 59.8. The highest BCUT2D eigenvalue weighted by atomic mass is 28.5. The Labute approximate surface area is 565 Å². The molecular weight excluding hydrogens is 1220 g/mol. The predicted octanol–water partition coefficient (Wildman–Crippen LogP) is 17.5. The Bertz CT molecular complexity index is 1410. The fourth-order valence-corrected chi connectivity index (χ4v) is 34.0. The fraction of sp³-hybridized carbons (Fsp3) is 1.00. The van der Waals surface area contributed by atoms with Gasteiger partial charge in [0, 0.05) is 76.5 Å². The SMILES string of the molecule is CCCCN(CCCC)CCC[Si](OCC)(OCC)O[Si](CCCN(CCCC)CCCC)(OCC)O[Si](CCCN(CCCC)CCCC)(OCC)O[Si](CCCN(CCCC)CCCC)(OCC)O[Si](CCCN(CCCC)CCCC)(OCC)OCC. The Morgan fingerprint density at radius 1 is 0.167 bits per heavy atom. The molecule has 2 unspecified atom stereocenters. The van der Waals surface area contributed by atoms with Crippen molar-refractivity contribution in [1.29, 1.82) is 0 Å². The van der Waals surface area contributed by atoms with Crippen LogP contribution in [0.15, 0.2) is 0 Å². The van der Waals surface area contributed by atoms with Gasteiger partial charge < -0.3 is 71.9 Å². The molecule has 2 atom stereocenters. The van der Waals surface area contributed by atoms with Crippen LogP contribution < -0.4 is 0 Å². The van der Waals surface area contributed by atoms with Gasteiger partial charge in [-0.2, -0.15) is 0 Å². The van der Waals surface area contributed by atoms with E-state index in [0.717, 1.165) is 207 Å². The monoisotopic (exact) mass is 1370 g/mol. The standard InChI is InChI=1S/C69H155N5O11Si5/c1-18-35-50-70(51-36-19-2)60-45-65-86(75-28-11,76-29-12)82-88(79-32-15,67-47-62-72(54-39-22-5)55-40-23-6)84-90(81-34-17,69-49-64-74(58-43-26-9)59-44-27-10)85-89(80-33-16,68-48-63-73(56-41-24-7)57-42-25-8)83-87(77-30-13,78-31-14)66-46-61-71(52-37-20-3)53-38-21-4/h18-69H2,1-17H3. The molecule has 21 heteroatoms. The van der Waals surface area contributed by atoms with Gasteiger partial charge in [-0.25, -0.2) is 0 Å². The summed E-state index contributed by atoms with van der Waals surface area (Å²) < 4.78 is 83.6. The van der Waals surface area contributed by atoms with Gasteiger partial charge in [0.25, 0.3) is 0 Å². The second-order valence-electron chi connectivity index (χ2n) is 25.1. The molecule has 90 heavy (non-hydrogen) atoms. The molecule has 542 valence electrons. The lowest BCUT2D eigenvalue weighted by Crippen LogP contribution is -2.69. The van der Waals surface area contributed by atoms with Gasteiger partial charge in [-0.3, -0.25) is 0 Å². The van der Waals surface area contributed by atoms with Crippen molar-refractivity contribution >= 4 is 44.0 Å². The molecule has 0 aromatic heterocycles. The smallest absolute Gasteiger partial charge is 0.375 e. The third-order valence-corrected chi connectivity index (χ3v) is 36.7. The first-order chi connectivity index (χ1) is 43.7. The third-order valence-electron chi connectivity index (χ3n) is 16.9. The summed E-state index contributed by atoms with van der Waals surface area (Å²) in [6.45, 7) is 55.9. The van der Waals surface area contributed by atoms with Crippen LogP contribution in [0.3, 0.4) is 0 Å². The van der Waals surface area contributed by atoms with Gasteiger partial charge in [-0.15, -0.1) is 0 Å². The highest BCUT2D eigenvalue weighted by molar-refractivity contribution is 6.85. The van der Waals surface area contributed by atoms with Crippen molar-refractivity contribution < 1.29 is 47.4 Å². The molecule has 0 aromatic rings. The van der Waals surface area contributed by atoms with Crippen LogP contribution in [0.2, 0.25) is 30.2 Å². The molecule has 0 spiro atoms. The second-order valence-corrected chi connectivity index (χ2v) is 39.7. The van der Waals surface area contributed by atoms with E-state index in [-0.39, 0.29) is 0 Å². The maximum Gasteiger partial charge on any atom is 0.493 e. The topological polar surface area (TPSA) is 118 Å². The van der Waals surface area contributed by atoms with Crippen molar-refractivity contribution in [1.82, 2.24) is 24.5 Å². The lowest BCUT2D eigenvalue weighted by molar-refractivity contribution is 0.0298. The van der Waals surface area contributed by atoms with Gasteiger partial charge in [-0.05, 0) is 243 Å². The number of unbranched alkanes of at least 4 members (excludes halogenated alkanes) is 10. The van der Waals surface area contributed by atoms with E-state index in [2.05, 4.69) is 142 Å². The Balaban J connectivity index is 9.17. The number of hydrogen-bond acceptors (Lipinski definition) is 16. The second kappa shape index (κ2) is 59.5. The zero-order valence-electron chi connectivity index (χ0n) is 63.0. The Morgan fingerprint density at radius 3 is 0.433 bits per heavy atom. The molecular formula is C69H155N5O11Si5. The molecule has 0 aliphatic heterocycles. The number of rotatable bonds is 72. The van der Waals surface area contributed by atoms with Gasteiger partial charge in [0.1, 0.15) is 0 Å². The summed E-state index contributed by atoms with van der Waals surface area (Å²) in [5, 5.41) is 0. The van der Waals surface area contributed by atoms with E-state index in [1.54, 1.807) is 0 Å². The predicted molar refractivity (Wildman–Crippen MR) is 393 cm³/mol. The summed E-state index contributed by atoms with van der Waals surface area (Å²) >= 11 is 0. The minimum atomic E-state index is -4.08. The average Bonchev–Trinajstić information content (AvgIpc) is 0.837. The minimum absolute atomic E-state index is 0.369. The van der Waals surface area contributed by atoms with Crippen LogP contribution in [0.4, 0.5) is 0 Å². The van der Waals surface area contributed by atoms with Crippen molar-refractivity contribution in [3.8, 4) is 0 Å². The van der Waals surface area contributed by atoms with E-state index >= 15 is 0 Å². The van der Waals surface area contributed by atoms with Crippen molar-refractivity contribution in [2.24, 2.45) is 0 Å². The van der Waals surface area contributed by atoms with Crippen LogP contribution in [0.25, 0.3) is 0 Å². The van der Waals surface area contributed by atoms with E-state index in [9.17, 15) is 0 Å². The van der Waals surface area contributed by atoms with Crippen molar-refractivity contribution in [2.45, 2.75) is 308 Å². The van der Waals surface area contributed by atoms with Gasteiger partial charge >= 0.3 is 44.0 Å². The fourth-order valence-electron chi connectivity index (χ4n) is 11.9. The average molecular weight is 1370 g/mol. The summed E-state index contributed by atoms with van der Waals surface area (Å²) in [4.78, 5) is 13.3. The molecule has 0 bridgehead atoms. The lowest BCUT2D eigenvalue weighted by Gasteiger charge is -2.46. The minimum Gasteiger partial charge on any atom is -0.375 e. The number of nitrogens with zero attached hydrogens (tertiary/aromatic N) is 5. The van der Waals surface area contributed by atoms with E-state index in [1.807, 2.05) is 0 Å². The van der Waals surface area contributed by atoms with Gasteiger partial charge in [0.05, 0.1) is 0 Å². The lowest BCUT2D eigenvalue weighted by atomic mass is 10.2. The highest BCUT2D eigenvalue weighted by Crippen LogP contribution is 2.38.